The molecule has 0 unspecified atom stereocenters. The van der Waals surface area contributed by atoms with Crippen molar-refractivity contribution in [3.63, 3.8) is 0 Å². The van der Waals surface area contributed by atoms with Crippen LogP contribution in [0.25, 0.3) is 0 Å². The van der Waals surface area contributed by atoms with Crippen molar-refractivity contribution in [2.45, 2.75) is 38.5 Å². The zero-order chi connectivity index (χ0) is 22.0. The highest BCUT2D eigenvalue weighted by Crippen LogP contribution is 2.36. The van der Waals surface area contributed by atoms with E-state index in [1.165, 1.54) is 5.56 Å². The number of ether oxygens (including phenoxy) is 1. The van der Waals surface area contributed by atoms with Gasteiger partial charge >= 0.3 is 6.18 Å². The second-order valence-corrected chi connectivity index (χ2v) is 8.86. The molecule has 0 atom stereocenters. The summed E-state index contributed by atoms with van der Waals surface area (Å²) in [4.78, 5) is 10.6. The van der Waals surface area contributed by atoms with Gasteiger partial charge in [-0.2, -0.15) is 13.2 Å². The molecular weight excluding hydrogens is 447 g/mol. The molecule has 9 heteroatoms. The molecule has 1 aliphatic rings. The fraction of sp³-hybridized carbons (Fsp3) is 0.364. The van der Waals surface area contributed by atoms with Crippen LogP contribution in [0.15, 0.2) is 41.9 Å². The molecule has 1 fully saturated rings. The summed E-state index contributed by atoms with van der Waals surface area (Å²) >= 11 is 7.71. The molecule has 0 aliphatic carbocycles. The molecule has 1 aliphatic heterocycles. The number of aromatic nitrogens is 2. The van der Waals surface area contributed by atoms with Crippen molar-refractivity contribution in [1.29, 1.82) is 0 Å². The lowest BCUT2D eigenvalue weighted by molar-refractivity contribution is -0.137. The Kier molecular flexibility index (Phi) is 6.39. The van der Waals surface area contributed by atoms with Gasteiger partial charge < -0.3 is 9.64 Å². The Balaban J connectivity index is 1.33. The van der Waals surface area contributed by atoms with E-state index in [4.69, 9.17) is 21.3 Å². The van der Waals surface area contributed by atoms with Gasteiger partial charge in [-0.3, -0.25) is 0 Å². The molecule has 4 nitrogen and oxygen atoms in total. The van der Waals surface area contributed by atoms with Crippen LogP contribution < -0.4 is 9.64 Å². The zero-order valence-electron chi connectivity index (χ0n) is 16.8. The molecule has 1 aromatic carbocycles. The van der Waals surface area contributed by atoms with Gasteiger partial charge in [0, 0.05) is 30.6 Å². The van der Waals surface area contributed by atoms with Crippen molar-refractivity contribution in [2.75, 3.05) is 18.0 Å². The van der Waals surface area contributed by atoms with Gasteiger partial charge in [-0.1, -0.05) is 29.3 Å². The molecule has 31 heavy (non-hydrogen) atoms. The van der Waals surface area contributed by atoms with Crippen LogP contribution in [0.3, 0.4) is 0 Å². The van der Waals surface area contributed by atoms with Gasteiger partial charge in [-0.15, -0.1) is 11.3 Å². The van der Waals surface area contributed by atoms with Crippen molar-refractivity contribution in [2.24, 2.45) is 0 Å². The second-order valence-electron chi connectivity index (χ2n) is 7.57. The molecule has 1 saturated heterocycles. The smallest absolute Gasteiger partial charge is 0.417 e. The summed E-state index contributed by atoms with van der Waals surface area (Å²) in [6, 6.07) is 8.84. The molecule has 4 rings (SSSR count). The lowest BCUT2D eigenvalue weighted by atomic mass is 9.97. The van der Waals surface area contributed by atoms with Gasteiger partial charge in [0.25, 0.3) is 0 Å². The first-order valence-electron chi connectivity index (χ1n) is 9.91. The summed E-state index contributed by atoms with van der Waals surface area (Å²) in [7, 11) is 0. The maximum absolute atomic E-state index is 12.8. The molecule has 2 aromatic heterocycles. The van der Waals surface area contributed by atoms with Crippen molar-refractivity contribution < 1.29 is 17.9 Å². The average Bonchev–Trinajstić information content (AvgIpc) is 3.22. The van der Waals surface area contributed by atoms with Crippen LogP contribution in [0.1, 0.15) is 40.6 Å². The minimum absolute atomic E-state index is 0.0260. The normalized spacial score (nSPS) is 15.3. The highest BCUT2D eigenvalue weighted by atomic mass is 35.5. The van der Waals surface area contributed by atoms with Gasteiger partial charge in [0.2, 0.25) is 0 Å². The Hall–Kier alpha value is -2.32. The summed E-state index contributed by atoms with van der Waals surface area (Å²) < 4.78 is 44.3. The quantitative estimate of drug-likeness (QED) is 0.430. The van der Waals surface area contributed by atoms with Crippen LogP contribution >= 0.6 is 22.9 Å². The van der Waals surface area contributed by atoms with E-state index in [1.807, 2.05) is 41.5 Å². The third-order valence-corrected chi connectivity index (χ3v) is 6.60. The van der Waals surface area contributed by atoms with E-state index >= 15 is 0 Å². The fourth-order valence-corrected chi connectivity index (χ4v) is 4.79. The number of nitrogens with zero attached hydrogens (tertiary/aromatic N) is 3. The number of thiazole rings is 1. The number of alkyl halides is 3. The fourth-order valence-electron chi connectivity index (χ4n) is 3.52. The molecule has 0 saturated carbocycles. The number of benzene rings is 1. The van der Waals surface area contributed by atoms with E-state index in [-0.39, 0.29) is 5.02 Å². The van der Waals surface area contributed by atoms with Gasteiger partial charge in [-0.25, -0.2) is 9.97 Å². The minimum atomic E-state index is -4.45. The molecule has 0 bridgehead atoms. The van der Waals surface area contributed by atoms with Crippen LogP contribution in [0.5, 0.6) is 5.75 Å². The standard InChI is InChI=1S/C22H21ClF3N3OS/c1-14-2-4-18(5-3-14)30-12-17-13-31-21(28-17)15-6-8-29(9-7-15)20-19(23)10-16(11-27-20)22(24,25)26/h2-5,10-11,13,15H,6-9,12H2,1H3. The molecule has 3 aromatic rings. The molecule has 0 radical (unpaired) electrons. The molecule has 0 N–H and O–H groups in total. The lowest BCUT2D eigenvalue weighted by Crippen LogP contribution is -2.33. The topological polar surface area (TPSA) is 38.2 Å². The van der Waals surface area contributed by atoms with E-state index < -0.39 is 11.7 Å². The largest absolute Gasteiger partial charge is 0.487 e. The number of piperidine rings is 1. The molecular formula is C22H21ClF3N3OS. The second kappa shape index (κ2) is 9.04. The van der Waals surface area contributed by atoms with E-state index in [0.29, 0.717) is 31.4 Å². The first-order chi connectivity index (χ1) is 14.8. The van der Waals surface area contributed by atoms with Crippen LogP contribution in [0, 0.1) is 6.92 Å². The highest BCUT2D eigenvalue weighted by Gasteiger charge is 2.32. The van der Waals surface area contributed by atoms with E-state index in [9.17, 15) is 13.2 Å². The number of anilines is 1. The predicted molar refractivity (Wildman–Crippen MR) is 116 cm³/mol. The van der Waals surface area contributed by atoms with Gasteiger partial charge in [-0.05, 0) is 38.0 Å². The number of hydrogen-bond acceptors (Lipinski definition) is 5. The molecule has 0 amide bonds. The number of halogens is 4. The predicted octanol–water partition coefficient (Wildman–Crippen LogP) is 6.48. The van der Waals surface area contributed by atoms with E-state index in [2.05, 4.69) is 4.98 Å². The molecule has 164 valence electrons. The van der Waals surface area contributed by atoms with Gasteiger partial charge in [0.1, 0.15) is 18.2 Å². The zero-order valence-corrected chi connectivity index (χ0v) is 18.4. The highest BCUT2D eigenvalue weighted by molar-refractivity contribution is 7.09. The lowest BCUT2D eigenvalue weighted by Gasteiger charge is -2.32. The minimum Gasteiger partial charge on any atom is -0.487 e. The van der Waals surface area contributed by atoms with Crippen molar-refractivity contribution in [1.82, 2.24) is 9.97 Å². The third-order valence-electron chi connectivity index (χ3n) is 5.27. The summed E-state index contributed by atoms with van der Waals surface area (Å²) in [5, 5.41) is 3.11. The first kappa shape index (κ1) is 21.9. The number of pyridine rings is 1. The molecule has 0 spiro atoms. The van der Waals surface area contributed by atoms with Crippen molar-refractivity contribution >= 4 is 28.8 Å². The van der Waals surface area contributed by atoms with Gasteiger partial charge in [0.05, 0.1) is 21.3 Å². The van der Waals surface area contributed by atoms with Crippen LogP contribution in [0.4, 0.5) is 19.0 Å². The average molecular weight is 468 g/mol. The number of hydrogen-bond donors (Lipinski definition) is 0. The third kappa shape index (κ3) is 5.30. The Morgan fingerprint density at radius 2 is 1.90 bits per heavy atom. The van der Waals surface area contributed by atoms with Crippen LogP contribution in [0.2, 0.25) is 5.02 Å². The maximum atomic E-state index is 12.8. The monoisotopic (exact) mass is 467 g/mol. The summed E-state index contributed by atoms with van der Waals surface area (Å²) in [6.07, 6.45) is -1.93. The Morgan fingerprint density at radius 3 is 2.55 bits per heavy atom. The number of aryl methyl sites for hydroxylation is 1. The van der Waals surface area contributed by atoms with Crippen molar-refractivity contribution in [3.05, 3.63) is 68.8 Å². The number of rotatable bonds is 5. The van der Waals surface area contributed by atoms with E-state index in [0.717, 1.165) is 41.6 Å². The van der Waals surface area contributed by atoms with E-state index in [1.54, 1.807) is 11.3 Å². The van der Waals surface area contributed by atoms with Crippen LogP contribution in [-0.4, -0.2) is 23.1 Å². The SMILES string of the molecule is Cc1ccc(OCc2csc(C3CCN(c4ncc(C(F)(F)F)cc4Cl)CC3)n2)cc1. The van der Waals surface area contributed by atoms with Crippen molar-refractivity contribution in [3.8, 4) is 5.75 Å². The molecule has 3 heterocycles. The Morgan fingerprint density at radius 1 is 1.19 bits per heavy atom. The summed E-state index contributed by atoms with van der Waals surface area (Å²) in [5.74, 6) is 1.52. The Labute approximate surface area is 187 Å². The first-order valence-corrected chi connectivity index (χ1v) is 11.2. The Bertz CT molecular complexity index is 1030. The van der Waals surface area contributed by atoms with Gasteiger partial charge in [0.15, 0.2) is 0 Å². The maximum Gasteiger partial charge on any atom is 0.417 e. The summed E-state index contributed by atoms with van der Waals surface area (Å²) in [6.45, 7) is 3.78. The van der Waals surface area contributed by atoms with Crippen LogP contribution in [-0.2, 0) is 12.8 Å². The summed E-state index contributed by atoms with van der Waals surface area (Å²) in [5.41, 5.74) is 1.25.